The van der Waals surface area contributed by atoms with Gasteiger partial charge >= 0.3 is 6.18 Å². The zero-order valence-electron chi connectivity index (χ0n) is 20.6. The maximum atomic E-state index is 15.3. The Morgan fingerprint density at radius 3 is 2.39 bits per heavy atom. The Labute approximate surface area is 208 Å². The molecule has 2 aromatic rings. The predicted octanol–water partition coefficient (Wildman–Crippen LogP) is 6.64. The summed E-state index contributed by atoms with van der Waals surface area (Å²) in [4.78, 5) is 5.08. The Bertz CT molecular complexity index is 1200. The van der Waals surface area contributed by atoms with Gasteiger partial charge < -0.3 is 14.6 Å². The van der Waals surface area contributed by atoms with Crippen molar-refractivity contribution in [2.24, 2.45) is 5.41 Å². The van der Waals surface area contributed by atoms with Gasteiger partial charge in [-0.1, -0.05) is 26.3 Å². The van der Waals surface area contributed by atoms with Gasteiger partial charge in [0, 0.05) is 54.1 Å². The van der Waals surface area contributed by atoms with E-state index in [1.807, 2.05) is 13.8 Å². The fourth-order valence-electron chi connectivity index (χ4n) is 6.92. The van der Waals surface area contributed by atoms with E-state index < -0.39 is 35.4 Å². The molecule has 1 aromatic heterocycles. The maximum absolute atomic E-state index is 15.3. The summed E-state index contributed by atoms with van der Waals surface area (Å²) in [5.74, 6) is -0.967. The van der Waals surface area contributed by atoms with E-state index in [4.69, 9.17) is 14.5 Å². The molecule has 2 aliphatic heterocycles. The molecule has 0 radical (unpaired) electrons. The van der Waals surface area contributed by atoms with E-state index in [1.165, 1.54) is 6.07 Å². The lowest BCUT2D eigenvalue weighted by molar-refractivity contribution is -0.138. The number of benzene rings is 1. The lowest BCUT2D eigenvalue weighted by Crippen LogP contribution is -2.40. The van der Waals surface area contributed by atoms with E-state index in [9.17, 15) is 18.3 Å². The van der Waals surface area contributed by atoms with Crippen LogP contribution in [0.4, 0.5) is 17.6 Å². The minimum absolute atomic E-state index is 0.0148. The topological polar surface area (TPSA) is 51.6 Å². The number of hydrogen-bond donors (Lipinski definition) is 1. The molecule has 1 saturated carbocycles. The summed E-state index contributed by atoms with van der Waals surface area (Å²) in [6, 6.07) is 2.64. The molecule has 0 bridgehead atoms. The normalized spacial score (nSPS) is 26.2. The number of nitrogens with zero attached hydrogens (tertiary/aromatic N) is 1. The summed E-state index contributed by atoms with van der Waals surface area (Å²) in [6.07, 6.45) is -0.389. The standard InChI is InChI=1S/C28H31F4NO3/c1-15(2)24-22-23(21-19(33-24)13-26(6-3-7-26)14-20(21)34)27(8-10-35-11-9-27)36-25(22)17-5-4-16(12-18(17)29)28(30,31)32/h4-5,12,15,20,25,34H,3,6-11,13-14H2,1-2H3. The Balaban J connectivity index is 1.57. The highest BCUT2D eigenvalue weighted by atomic mass is 19.4. The van der Waals surface area contributed by atoms with Crippen LogP contribution in [0.5, 0.6) is 0 Å². The van der Waals surface area contributed by atoms with Crippen LogP contribution in [0.2, 0.25) is 0 Å². The summed E-state index contributed by atoms with van der Waals surface area (Å²) in [5, 5.41) is 11.5. The fraction of sp³-hybridized carbons (Fsp3) is 0.607. The highest BCUT2D eigenvalue weighted by Gasteiger charge is 2.54. The lowest BCUT2D eigenvalue weighted by atomic mass is 9.58. The second kappa shape index (κ2) is 8.23. The number of pyridine rings is 1. The Morgan fingerprint density at radius 1 is 1.08 bits per heavy atom. The number of rotatable bonds is 2. The van der Waals surface area contributed by atoms with Crippen LogP contribution in [0, 0.1) is 11.2 Å². The van der Waals surface area contributed by atoms with E-state index in [0.29, 0.717) is 44.1 Å². The number of hydrogen-bond acceptors (Lipinski definition) is 4. The smallest absolute Gasteiger partial charge is 0.388 e. The van der Waals surface area contributed by atoms with Crippen LogP contribution in [0.1, 0.15) is 110 Å². The molecule has 194 valence electrons. The first-order chi connectivity index (χ1) is 17.0. The molecule has 36 heavy (non-hydrogen) atoms. The number of halogens is 4. The van der Waals surface area contributed by atoms with Gasteiger partial charge in [-0.3, -0.25) is 4.98 Å². The van der Waals surface area contributed by atoms with Crippen molar-refractivity contribution in [2.45, 2.75) is 88.7 Å². The molecule has 1 saturated heterocycles. The molecular formula is C28H31F4NO3. The summed E-state index contributed by atoms with van der Waals surface area (Å²) in [7, 11) is 0. The third kappa shape index (κ3) is 3.63. The zero-order chi connectivity index (χ0) is 25.5. The molecule has 1 N–H and O–H groups in total. The predicted molar refractivity (Wildman–Crippen MR) is 124 cm³/mol. The van der Waals surface area contributed by atoms with Gasteiger partial charge in [-0.05, 0) is 54.7 Å². The van der Waals surface area contributed by atoms with Crippen LogP contribution >= 0.6 is 0 Å². The van der Waals surface area contributed by atoms with Crippen molar-refractivity contribution < 1.29 is 32.1 Å². The van der Waals surface area contributed by atoms with Crippen molar-refractivity contribution in [1.82, 2.24) is 4.98 Å². The Kier molecular flexibility index (Phi) is 5.56. The van der Waals surface area contributed by atoms with Gasteiger partial charge in [0.05, 0.1) is 17.3 Å². The molecule has 4 nitrogen and oxygen atoms in total. The quantitative estimate of drug-likeness (QED) is 0.465. The molecule has 2 atom stereocenters. The second-order valence-corrected chi connectivity index (χ2v) is 11.4. The van der Waals surface area contributed by atoms with Crippen LogP contribution in [0.3, 0.4) is 0 Å². The van der Waals surface area contributed by atoms with Crippen molar-refractivity contribution in [3.05, 3.63) is 63.2 Å². The number of aliphatic hydroxyl groups is 1. The molecular weight excluding hydrogens is 474 g/mol. The first-order valence-electron chi connectivity index (χ1n) is 12.9. The summed E-state index contributed by atoms with van der Waals surface area (Å²) < 4.78 is 67.4. The Hall–Kier alpha value is -2.03. The number of fused-ring (bicyclic) bond motifs is 4. The first kappa shape index (κ1) is 24.3. The third-order valence-electron chi connectivity index (χ3n) is 8.82. The average molecular weight is 506 g/mol. The van der Waals surface area contributed by atoms with Crippen molar-refractivity contribution >= 4 is 0 Å². The molecule has 2 spiro atoms. The van der Waals surface area contributed by atoms with Gasteiger partial charge in [-0.2, -0.15) is 13.2 Å². The minimum Gasteiger partial charge on any atom is -0.388 e. The largest absolute Gasteiger partial charge is 0.416 e. The molecule has 1 aromatic carbocycles. The van der Waals surface area contributed by atoms with Crippen LogP contribution in [-0.4, -0.2) is 23.3 Å². The van der Waals surface area contributed by atoms with Crippen molar-refractivity contribution in [1.29, 1.82) is 0 Å². The number of alkyl halides is 3. The lowest BCUT2D eigenvalue weighted by Gasteiger charge is -2.48. The van der Waals surface area contributed by atoms with Gasteiger partial charge in [0.15, 0.2) is 0 Å². The molecule has 3 heterocycles. The van der Waals surface area contributed by atoms with Crippen LogP contribution in [0.15, 0.2) is 18.2 Å². The van der Waals surface area contributed by atoms with E-state index >= 15 is 4.39 Å². The van der Waals surface area contributed by atoms with Crippen LogP contribution in [0.25, 0.3) is 0 Å². The van der Waals surface area contributed by atoms with E-state index in [-0.39, 0.29) is 16.9 Å². The third-order valence-corrected chi connectivity index (χ3v) is 8.82. The van der Waals surface area contributed by atoms with Crippen molar-refractivity contribution in [3.8, 4) is 0 Å². The van der Waals surface area contributed by atoms with Gasteiger partial charge in [-0.25, -0.2) is 4.39 Å². The van der Waals surface area contributed by atoms with Crippen molar-refractivity contribution in [2.75, 3.05) is 13.2 Å². The van der Waals surface area contributed by atoms with Crippen LogP contribution < -0.4 is 0 Å². The number of aromatic nitrogens is 1. The van der Waals surface area contributed by atoms with Crippen LogP contribution in [-0.2, 0) is 27.7 Å². The van der Waals surface area contributed by atoms with Gasteiger partial charge in [-0.15, -0.1) is 0 Å². The highest BCUT2D eigenvalue weighted by molar-refractivity contribution is 5.54. The highest BCUT2D eigenvalue weighted by Crippen LogP contribution is 2.60. The zero-order valence-corrected chi connectivity index (χ0v) is 20.6. The SMILES string of the molecule is CC(C)c1nc2c(c3c1C(c1ccc(C(F)(F)F)cc1F)OC31CCOCC1)C(O)CC1(CCC1)C2. The number of aliphatic hydroxyl groups excluding tert-OH is 1. The van der Waals surface area contributed by atoms with E-state index in [0.717, 1.165) is 54.3 Å². The molecule has 2 unspecified atom stereocenters. The molecule has 4 aliphatic rings. The molecule has 2 fully saturated rings. The second-order valence-electron chi connectivity index (χ2n) is 11.4. The Morgan fingerprint density at radius 2 is 1.81 bits per heavy atom. The number of ether oxygens (including phenoxy) is 2. The summed E-state index contributed by atoms with van der Waals surface area (Å²) in [5.41, 5.74) is 2.40. The van der Waals surface area contributed by atoms with Crippen molar-refractivity contribution in [3.63, 3.8) is 0 Å². The van der Waals surface area contributed by atoms with Gasteiger partial charge in [0.2, 0.25) is 0 Å². The average Bonchev–Trinajstić information content (AvgIpc) is 3.10. The summed E-state index contributed by atoms with van der Waals surface area (Å²) in [6.45, 7) is 4.94. The van der Waals surface area contributed by atoms with Gasteiger partial charge in [0.25, 0.3) is 0 Å². The molecule has 2 aliphatic carbocycles. The monoisotopic (exact) mass is 505 g/mol. The van der Waals surface area contributed by atoms with Gasteiger partial charge in [0.1, 0.15) is 11.9 Å². The van der Waals surface area contributed by atoms with E-state index in [1.54, 1.807) is 0 Å². The maximum Gasteiger partial charge on any atom is 0.416 e. The minimum atomic E-state index is -4.64. The summed E-state index contributed by atoms with van der Waals surface area (Å²) >= 11 is 0. The van der Waals surface area contributed by atoms with E-state index in [2.05, 4.69) is 0 Å². The molecule has 6 rings (SSSR count). The molecule has 0 amide bonds. The fourth-order valence-corrected chi connectivity index (χ4v) is 6.92. The first-order valence-corrected chi connectivity index (χ1v) is 12.9. The molecule has 8 heteroatoms.